The third-order valence-corrected chi connectivity index (χ3v) is 5.42. The molecule has 2 heterocycles. The van der Waals surface area contributed by atoms with E-state index in [9.17, 15) is 9.59 Å². The molecule has 0 spiro atoms. The van der Waals surface area contributed by atoms with Gasteiger partial charge in [-0.2, -0.15) is 0 Å². The van der Waals surface area contributed by atoms with Crippen LogP contribution in [-0.2, 0) is 14.3 Å². The predicted octanol–water partition coefficient (Wildman–Crippen LogP) is 2.88. The van der Waals surface area contributed by atoms with Crippen LogP contribution in [0.5, 0.6) is 11.5 Å². The fourth-order valence-electron chi connectivity index (χ4n) is 3.88. The van der Waals surface area contributed by atoms with Gasteiger partial charge >= 0.3 is 12.1 Å². The zero-order chi connectivity index (χ0) is 24.5. The number of nitrogen functional groups attached to an aromatic ring is 1. The number of benzene rings is 1. The number of esters is 1. The molecule has 1 aliphatic heterocycles. The Hall–Kier alpha value is -3.37. The van der Waals surface area contributed by atoms with Gasteiger partial charge in [-0.25, -0.2) is 19.2 Å². The van der Waals surface area contributed by atoms with E-state index in [4.69, 9.17) is 24.7 Å². The van der Waals surface area contributed by atoms with Crippen LogP contribution in [0.15, 0.2) is 6.07 Å². The summed E-state index contributed by atoms with van der Waals surface area (Å²) in [6, 6.07) is 1.50. The summed E-state index contributed by atoms with van der Waals surface area (Å²) < 4.78 is 35.9. The third kappa shape index (κ3) is 4.86. The van der Waals surface area contributed by atoms with Gasteiger partial charge in [0.1, 0.15) is 22.8 Å². The second kappa shape index (κ2) is 9.24. The van der Waals surface area contributed by atoms with Crippen LogP contribution in [-0.4, -0.2) is 67.0 Å². The second-order valence-electron chi connectivity index (χ2n) is 8.74. The Kier molecular flexibility index (Phi) is 6.80. The van der Waals surface area contributed by atoms with E-state index in [-0.39, 0.29) is 40.6 Å². The van der Waals surface area contributed by atoms with Crippen LogP contribution in [0.4, 0.5) is 15.0 Å². The molecule has 1 saturated heterocycles. The maximum Gasteiger partial charge on any atom is 0.410 e. The number of anilines is 1. The van der Waals surface area contributed by atoms with Crippen LogP contribution >= 0.6 is 0 Å². The van der Waals surface area contributed by atoms with E-state index in [1.165, 1.54) is 32.3 Å². The number of hydrogen-bond donors (Lipinski definition) is 1. The number of carbonyl (C=O) groups excluding carboxylic acids is 2. The molecule has 0 radical (unpaired) electrons. The molecule has 0 bridgehead atoms. The topological polar surface area (TPSA) is 126 Å². The summed E-state index contributed by atoms with van der Waals surface area (Å²) >= 11 is 0. The number of nitrogens with two attached hydrogens (primary N) is 1. The summed E-state index contributed by atoms with van der Waals surface area (Å²) in [5, 5.41) is 0.259. The quantitative estimate of drug-likeness (QED) is 0.680. The van der Waals surface area contributed by atoms with Gasteiger partial charge in [0.05, 0.1) is 27.2 Å². The third-order valence-electron chi connectivity index (χ3n) is 5.42. The number of rotatable bonds is 4. The molecule has 2 unspecified atom stereocenters. The number of fused-ring (bicyclic) bond motifs is 1. The zero-order valence-corrected chi connectivity index (χ0v) is 19.6. The highest BCUT2D eigenvalue weighted by molar-refractivity contribution is 5.91. The van der Waals surface area contributed by atoms with Crippen molar-refractivity contribution in [1.82, 2.24) is 14.9 Å². The SMILES string of the molecule is COC(=O)C1CN(C(=O)OC(C)(C)C)CCC1c1nc(N)c2cc(OC)c(OC)c(F)c2n1. The van der Waals surface area contributed by atoms with E-state index >= 15 is 4.39 Å². The van der Waals surface area contributed by atoms with E-state index < -0.39 is 35.3 Å². The summed E-state index contributed by atoms with van der Waals surface area (Å²) in [6.07, 6.45) is -0.199. The molecule has 10 nitrogen and oxygen atoms in total. The fraction of sp³-hybridized carbons (Fsp3) is 0.545. The lowest BCUT2D eigenvalue weighted by Crippen LogP contribution is -2.48. The lowest BCUT2D eigenvalue weighted by Gasteiger charge is -2.37. The first-order valence-electron chi connectivity index (χ1n) is 10.4. The minimum absolute atomic E-state index is 0.0352. The lowest BCUT2D eigenvalue weighted by atomic mass is 9.84. The van der Waals surface area contributed by atoms with Gasteiger partial charge in [0.2, 0.25) is 0 Å². The average Bonchev–Trinajstić information content (AvgIpc) is 2.77. The Bertz CT molecular complexity index is 1070. The first-order chi connectivity index (χ1) is 15.5. The van der Waals surface area contributed by atoms with Gasteiger partial charge < -0.3 is 29.6 Å². The number of nitrogens with zero attached hydrogens (tertiary/aromatic N) is 3. The Morgan fingerprint density at radius 1 is 1.18 bits per heavy atom. The molecular weight excluding hydrogens is 435 g/mol. The molecule has 0 saturated carbocycles. The van der Waals surface area contributed by atoms with Crippen LogP contribution in [0, 0.1) is 11.7 Å². The normalized spacial score (nSPS) is 18.7. The summed E-state index contributed by atoms with van der Waals surface area (Å²) in [7, 11) is 3.96. The summed E-state index contributed by atoms with van der Waals surface area (Å²) in [6.45, 7) is 5.63. The molecule has 180 valence electrons. The summed E-state index contributed by atoms with van der Waals surface area (Å²) in [5.74, 6) is -2.35. The molecule has 1 amide bonds. The number of amides is 1. The van der Waals surface area contributed by atoms with Gasteiger partial charge in [-0.1, -0.05) is 0 Å². The molecule has 0 aliphatic carbocycles. The molecule has 2 aromatic rings. The number of carbonyl (C=O) groups is 2. The second-order valence-corrected chi connectivity index (χ2v) is 8.74. The average molecular weight is 464 g/mol. The molecule has 2 atom stereocenters. The van der Waals surface area contributed by atoms with Crippen molar-refractivity contribution < 1.29 is 32.9 Å². The van der Waals surface area contributed by atoms with Crippen molar-refractivity contribution in [2.75, 3.05) is 40.2 Å². The minimum Gasteiger partial charge on any atom is -0.493 e. The van der Waals surface area contributed by atoms with Crippen molar-refractivity contribution in [2.45, 2.75) is 38.7 Å². The summed E-state index contributed by atoms with van der Waals surface area (Å²) in [4.78, 5) is 35.3. The van der Waals surface area contributed by atoms with Gasteiger partial charge in [-0.15, -0.1) is 0 Å². The molecule has 1 fully saturated rings. The van der Waals surface area contributed by atoms with Crippen LogP contribution in [0.2, 0.25) is 0 Å². The number of halogens is 1. The maximum absolute atomic E-state index is 15.2. The van der Waals surface area contributed by atoms with Crippen molar-refractivity contribution in [1.29, 1.82) is 0 Å². The highest BCUT2D eigenvalue weighted by Crippen LogP contribution is 2.39. The number of aromatic nitrogens is 2. The fourth-order valence-corrected chi connectivity index (χ4v) is 3.88. The van der Waals surface area contributed by atoms with E-state index in [1.54, 1.807) is 20.8 Å². The molecule has 11 heteroatoms. The van der Waals surface area contributed by atoms with E-state index in [0.29, 0.717) is 13.0 Å². The van der Waals surface area contributed by atoms with E-state index in [2.05, 4.69) is 9.97 Å². The standard InChI is InChI=1S/C22H29FN4O6/c1-22(2,3)33-21(29)27-8-7-11(13(10-27)20(28)32-6)19-25-16-12(18(24)26-19)9-14(30-4)17(31-5)15(16)23/h9,11,13H,7-8,10H2,1-6H3,(H2,24,25,26). The van der Waals surface area contributed by atoms with Gasteiger partial charge in [0.15, 0.2) is 17.3 Å². The highest BCUT2D eigenvalue weighted by Gasteiger charge is 2.40. The Morgan fingerprint density at radius 2 is 1.88 bits per heavy atom. The van der Waals surface area contributed by atoms with Gasteiger partial charge in [-0.3, -0.25) is 4.79 Å². The number of ether oxygens (including phenoxy) is 4. The predicted molar refractivity (Wildman–Crippen MR) is 118 cm³/mol. The largest absolute Gasteiger partial charge is 0.493 e. The first-order valence-corrected chi connectivity index (χ1v) is 10.4. The molecule has 1 aromatic carbocycles. The maximum atomic E-state index is 15.2. The number of methoxy groups -OCH3 is 3. The molecule has 1 aliphatic rings. The highest BCUT2D eigenvalue weighted by atomic mass is 19.1. The summed E-state index contributed by atoms with van der Waals surface area (Å²) in [5.41, 5.74) is 5.41. The van der Waals surface area contributed by atoms with Gasteiger partial charge in [0, 0.05) is 24.4 Å². The molecular formula is C22H29FN4O6. The van der Waals surface area contributed by atoms with Crippen molar-refractivity contribution >= 4 is 28.8 Å². The van der Waals surface area contributed by atoms with E-state index in [1.807, 2.05) is 0 Å². The van der Waals surface area contributed by atoms with Crippen LogP contribution in [0.1, 0.15) is 38.9 Å². The number of likely N-dealkylation sites (tertiary alicyclic amines) is 1. The van der Waals surface area contributed by atoms with Crippen molar-refractivity contribution in [3.63, 3.8) is 0 Å². The number of hydrogen-bond acceptors (Lipinski definition) is 9. The van der Waals surface area contributed by atoms with Crippen LogP contribution < -0.4 is 15.2 Å². The lowest BCUT2D eigenvalue weighted by molar-refractivity contribution is -0.148. The van der Waals surface area contributed by atoms with Gasteiger partial charge in [0.25, 0.3) is 0 Å². The Morgan fingerprint density at radius 3 is 2.45 bits per heavy atom. The number of piperidine rings is 1. The Labute approximate surface area is 191 Å². The molecule has 1 aromatic heterocycles. The molecule has 33 heavy (non-hydrogen) atoms. The monoisotopic (exact) mass is 464 g/mol. The van der Waals surface area contributed by atoms with Crippen LogP contribution in [0.3, 0.4) is 0 Å². The first kappa shape index (κ1) is 24.3. The minimum atomic E-state index is -0.781. The smallest absolute Gasteiger partial charge is 0.410 e. The van der Waals surface area contributed by atoms with Crippen LogP contribution in [0.25, 0.3) is 10.9 Å². The van der Waals surface area contributed by atoms with Crippen molar-refractivity contribution in [3.8, 4) is 11.5 Å². The van der Waals surface area contributed by atoms with E-state index in [0.717, 1.165) is 0 Å². The van der Waals surface area contributed by atoms with Gasteiger partial charge in [-0.05, 0) is 33.3 Å². The van der Waals surface area contributed by atoms with Crippen molar-refractivity contribution in [3.05, 3.63) is 17.7 Å². The Balaban J connectivity index is 2.01. The molecule has 3 rings (SSSR count). The molecule has 2 N–H and O–H groups in total. The zero-order valence-electron chi connectivity index (χ0n) is 19.6. The van der Waals surface area contributed by atoms with Crippen molar-refractivity contribution in [2.24, 2.45) is 5.92 Å².